The maximum Gasteiger partial charge on any atom is 0.252 e. The third-order valence-corrected chi connectivity index (χ3v) is 5.55. The van der Waals surface area contributed by atoms with E-state index in [0.29, 0.717) is 28.2 Å². The second-order valence-electron chi connectivity index (χ2n) is 5.35. The second-order valence-corrected chi connectivity index (χ2v) is 7.34. The average Bonchev–Trinajstić information content (AvgIpc) is 3.11. The highest BCUT2D eigenvalue weighted by atomic mass is 32.2. The van der Waals surface area contributed by atoms with Crippen LogP contribution in [0.2, 0.25) is 0 Å². The summed E-state index contributed by atoms with van der Waals surface area (Å²) >= 11 is 0. The SMILES string of the molecule is Cc1oc(C)c(S(=O)(=O)N(C)CC(F)F)c1CNC1CC1. The van der Waals surface area contributed by atoms with Crippen molar-refractivity contribution in [2.45, 2.75) is 50.6 Å². The lowest BCUT2D eigenvalue weighted by Crippen LogP contribution is -2.32. The molecule has 1 saturated carbocycles. The monoisotopic (exact) mass is 322 g/mol. The van der Waals surface area contributed by atoms with Gasteiger partial charge < -0.3 is 9.73 Å². The van der Waals surface area contributed by atoms with E-state index < -0.39 is 23.0 Å². The molecule has 2 rings (SSSR count). The molecule has 0 bridgehead atoms. The van der Waals surface area contributed by atoms with Gasteiger partial charge in [-0.15, -0.1) is 0 Å². The molecule has 1 aliphatic carbocycles. The van der Waals surface area contributed by atoms with Gasteiger partial charge in [-0.25, -0.2) is 17.2 Å². The topological polar surface area (TPSA) is 62.6 Å². The minimum Gasteiger partial charge on any atom is -0.465 e. The maximum atomic E-state index is 12.5. The first-order chi connectivity index (χ1) is 9.73. The third kappa shape index (κ3) is 3.61. The average molecular weight is 322 g/mol. The maximum absolute atomic E-state index is 12.5. The Morgan fingerprint density at radius 3 is 2.48 bits per heavy atom. The number of rotatable bonds is 7. The summed E-state index contributed by atoms with van der Waals surface area (Å²) < 4.78 is 56.0. The number of nitrogens with one attached hydrogen (secondary N) is 1. The summed E-state index contributed by atoms with van der Waals surface area (Å²) in [6.45, 7) is 2.76. The fourth-order valence-electron chi connectivity index (χ4n) is 2.23. The van der Waals surface area contributed by atoms with Crippen molar-refractivity contribution in [3.8, 4) is 0 Å². The van der Waals surface area contributed by atoms with E-state index in [2.05, 4.69) is 5.32 Å². The van der Waals surface area contributed by atoms with E-state index in [-0.39, 0.29) is 10.7 Å². The van der Waals surface area contributed by atoms with Crippen molar-refractivity contribution < 1.29 is 21.6 Å². The predicted octanol–water partition coefficient (Wildman–Crippen LogP) is 2.03. The molecule has 1 aliphatic rings. The van der Waals surface area contributed by atoms with Crippen LogP contribution in [0.1, 0.15) is 29.9 Å². The van der Waals surface area contributed by atoms with E-state index in [9.17, 15) is 17.2 Å². The molecule has 1 heterocycles. The van der Waals surface area contributed by atoms with E-state index in [1.165, 1.54) is 6.92 Å². The van der Waals surface area contributed by atoms with Crippen LogP contribution < -0.4 is 5.32 Å². The molecule has 0 radical (unpaired) electrons. The first-order valence-corrected chi connectivity index (χ1v) is 8.24. The van der Waals surface area contributed by atoms with E-state index in [1.807, 2.05) is 0 Å². The van der Waals surface area contributed by atoms with Crippen LogP contribution in [0, 0.1) is 13.8 Å². The minimum absolute atomic E-state index is 0.0105. The second kappa shape index (κ2) is 6.02. The summed E-state index contributed by atoms with van der Waals surface area (Å²) in [6, 6.07) is 0.411. The molecule has 1 aromatic heterocycles. The summed E-state index contributed by atoms with van der Waals surface area (Å²) in [5, 5.41) is 3.23. The smallest absolute Gasteiger partial charge is 0.252 e. The lowest BCUT2D eigenvalue weighted by Gasteiger charge is -2.17. The standard InChI is InChI=1S/C13H20F2N2O3S/c1-8-11(6-16-10-4-5-10)13(9(2)20-8)21(18,19)17(3)7-12(14)15/h10,12,16H,4-7H2,1-3H3. The number of aryl methyl sites for hydroxylation is 2. The highest BCUT2D eigenvalue weighted by Crippen LogP contribution is 2.30. The first kappa shape index (κ1) is 16.4. The summed E-state index contributed by atoms with van der Waals surface area (Å²) in [5.74, 6) is 0.742. The first-order valence-electron chi connectivity index (χ1n) is 6.80. The van der Waals surface area contributed by atoms with Crippen LogP contribution in [0.3, 0.4) is 0 Å². The molecule has 0 spiro atoms. The van der Waals surface area contributed by atoms with Crippen LogP contribution in [0.25, 0.3) is 0 Å². The van der Waals surface area contributed by atoms with Crippen molar-refractivity contribution in [3.63, 3.8) is 0 Å². The van der Waals surface area contributed by atoms with Crippen molar-refractivity contribution in [3.05, 3.63) is 17.1 Å². The van der Waals surface area contributed by atoms with E-state index >= 15 is 0 Å². The Balaban J connectivity index is 2.31. The molecule has 120 valence electrons. The number of nitrogens with zero attached hydrogens (tertiary/aromatic N) is 1. The molecule has 8 heteroatoms. The van der Waals surface area contributed by atoms with Crippen molar-refractivity contribution in [2.24, 2.45) is 0 Å². The van der Waals surface area contributed by atoms with Gasteiger partial charge >= 0.3 is 0 Å². The minimum atomic E-state index is -3.98. The summed E-state index contributed by atoms with van der Waals surface area (Å²) in [4.78, 5) is 0.0105. The lowest BCUT2D eigenvalue weighted by molar-refractivity contribution is 0.126. The van der Waals surface area contributed by atoms with Crippen LogP contribution in [0.15, 0.2) is 9.31 Å². The van der Waals surface area contributed by atoms with Gasteiger partial charge in [0.05, 0.1) is 6.54 Å². The van der Waals surface area contributed by atoms with Crippen LogP contribution in [0.4, 0.5) is 8.78 Å². The van der Waals surface area contributed by atoms with Gasteiger partial charge in [0.1, 0.15) is 16.4 Å². The normalized spacial score (nSPS) is 16.1. The molecule has 1 aromatic rings. The zero-order valence-corrected chi connectivity index (χ0v) is 13.1. The lowest BCUT2D eigenvalue weighted by atomic mass is 10.2. The summed E-state index contributed by atoms with van der Waals surface area (Å²) in [7, 11) is -2.83. The molecule has 21 heavy (non-hydrogen) atoms. The number of hydrogen-bond acceptors (Lipinski definition) is 4. The molecule has 0 amide bonds. The van der Waals surface area contributed by atoms with Crippen molar-refractivity contribution in [1.82, 2.24) is 9.62 Å². The summed E-state index contributed by atoms with van der Waals surface area (Å²) in [5.41, 5.74) is 0.528. The molecule has 5 nitrogen and oxygen atoms in total. The predicted molar refractivity (Wildman–Crippen MR) is 73.9 cm³/mol. The molecule has 0 unspecified atom stereocenters. The van der Waals surface area contributed by atoms with Crippen LogP contribution in [-0.2, 0) is 16.6 Å². The number of alkyl halides is 2. The van der Waals surface area contributed by atoms with Gasteiger partial charge in [-0.05, 0) is 26.7 Å². The van der Waals surface area contributed by atoms with Crippen molar-refractivity contribution in [1.29, 1.82) is 0 Å². The molecule has 1 N–H and O–H groups in total. The Bertz CT molecular complexity index is 609. The molecule has 0 aromatic carbocycles. The Labute approximate surface area is 123 Å². The Morgan fingerprint density at radius 2 is 1.95 bits per heavy atom. The Hall–Kier alpha value is -0.990. The molecule has 0 saturated heterocycles. The van der Waals surface area contributed by atoms with Gasteiger partial charge in [0.25, 0.3) is 6.43 Å². The Morgan fingerprint density at radius 1 is 1.33 bits per heavy atom. The molecular weight excluding hydrogens is 302 g/mol. The molecule has 0 aliphatic heterocycles. The largest absolute Gasteiger partial charge is 0.465 e. The molecular formula is C13H20F2N2O3S. The van der Waals surface area contributed by atoms with Crippen molar-refractivity contribution in [2.75, 3.05) is 13.6 Å². The number of halogens is 2. The van der Waals surface area contributed by atoms with Crippen molar-refractivity contribution >= 4 is 10.0 Å². The van der Waals surface area contributed by atoms with E-state index in [0.717, 1.165) is 19.9 Å². The molecule has 0 atom stereocenters. The zero-order chi connectivity index (χ0) is 15.8. The van der Waals surface area contributed by atoms with Gasteiger partial charge in [-0.3, -0.25) is 0 Å². The zero-order valence-electron chi connectivity index (χ0n) is 12.3. The van der Waals surface area contributed by atoms with Crippen LogP contribution in [0.5, 0.6) is 0 Å². The van der Waals surface area contributed by atoms with Gasteiger partial charge in [0.15, 0.2) is 0 Å². The fourth-order valence-corrected chi connectivity index (χ4v) is 3.79. The number of furan rings is 1. The third-order valence-electron chi connectivity index (χ3n) is 3.53. The van der Waals surface area contributed by atoms with E-state index in [1.54, 1.807) is 6.92 Å². The van der Waals surface area contributed by atoms with Crippen LogP contribution >= 0.6 is 0 Å². The fraction of sp³-hybridized carbons (Fsp3) is 0.692. The quantitative estimate of drug-likeness (QED) is 0.834. The van der Waals surface area contributed by atoms with Gasteiger partial charge in [-0.1, -0.05) is 0 Å². The highest BCUT2D eigenvalue weighted by Gasteiger charge is 2.32. The van der Waals surface area contributed by atoms with Gasteiger partial charge in [0.2, 0.25) is 10.0 Å². The highest BCUT2D eigenvalue weighted by molar-refractivity contribution is 7.89. The van der Waals surface area contributed by atoms with Crippen LogP contribution in [-0.4, -0.2) is 38.8 Å². The van der Waals surface area contributed by atoms with Gasteiger partial charge in [-0.2, -0.15) is 4.31 Å². The Kier molecular flexibility index (Phi) is 4.69. The number of hydrogen-bond donors (Lipinski definition) is 1. The molecule has 1 fully saturated rings. The summed E-state index contributed by atoms with van der Waals surface area (Å²) in [6.07, 6.45) is -0.571. The van der Waals surface area contributed by atoms with E-state index in [4.69, 9.17) is 4.42 Å². The van der Waals surface area contributed by atoms with Gasteiger partial charge in [0, 0.05) is 25.2 Å². The number of sulfonamides is 1.